The summed E-state index contributed by atoms with van der Waals surface area (Å²) in [5.74, 6) is 0.215. The third-order valence-electron chi connectivity index (χ3n) is 3.51. The zero-order valence-electron chi connectivity index (χ0n) is 11.0. The number of ether oxygens (including phenoxy) is 1. The molecule has 4 heteroatoms. The van der Waals surface area contributed by atoms with Crippen molar-refractivity contribution in [1.29, 1.82) is 0 Å². The fourth-order valence-electron chi connectivity index (χ4n) is 2.48. The van der Waals surface area contributed by atoms with Crippen LogP contribution in [0.4, 0.5) is 4.39 Å². The molecular formula is C15H18BrFO2. The lowest BCUT2D eigenvalue weighted by Gasteiger charge is -2.34. The molecule has 1 aromatic carbocycles. The van der Waals surface area contributed by atoms with Crippen LogP contribution in [-0.4, -0.2) is 18.5 Å². The van der Waals surface area contributed by atoms with Gasteiger partial charge in [-0.3, -0.25) is 4.79 Å². The van der Waals surface area contributed by atoms with Crippen LogP contribution in [0.1, 0.15) is 31.7 Å². The number of rotatable bonds is 6. The molecule has 0 atom stereocenters. The van der Waals surface area contributed by atoms with Gasteiger partial charge in [0, 0.05) is 23.9 Å². The summed E-state index contributed by atoms with van der Waals surface area (Å²) in [5.41, 5.74) is 0.480. The molecule has 19 heavy (non-hydrogen) atoms. The molecule has 0 amide bonds. The second-order valence-corrected chi connectivity index (χ2v) is 5.99. The largest absolute Gasteiger partial charge is 0.378 e. The van der Waals surface area contributed by atoms with Gasteiger partial charge in [0.1, 0.15) is 11.6 Å². The van der Waals surface area contributed by atoms with E-state index in [1.54, 1.807) is 12.1 Å². The maximum Gasteiger partial charge on any atom is 0.137 e. The Labute approximate surface area is 121 Å². The van der Waals surface area contributed by atoms with E-state index < -0.39 is 0 Å². The van der Waals surface area contributed by atoms with E-state index in [9.17, 15) is 9.18 Å². The molecule has 1 aromatic rings. The minimum absolute atomic E-state index is 0.112. The van der Waals surface area contributed by atoms with Crippen LogP contribution in [0.25, 0.3) is 0 Å². The molecule has 1 saturated carbocycles. The quantitative estimate of drug-likeness (QED) is 0.791. The fraction of sp³-hybridized carbons (Fsp3) is 0.533. The van der Waals surface area contributed by atoms with Crippen LogP contribution in [0.15, 0.2) is 22.7 Å². The van der Waals surface area contributed by atoms with E-state index in [-0.39, 0.29) is 18.0 Å². The SMILES string of the molecule is CCOC1CC(CC(=O)Cc2ccc(Br)cc2F)C1. The highest BCUT2D eigenvalue weighted by atomic mass is 79.9. The number of hydrogen-bond donors (Lipinski definition) is 0. The number of benzene rings is 1. The normalized spacial score (nSPS) is 22.1. The van der Waals surface area contributed by atoms with Gasteiger partial charge >= 0.3 is 0 Å². The van der Waals surface area contributed by atoms with Crippen LogP contribution in [0.2, 0.25) is 0 Å². The third-order valence-corrected chi connectivity index (χ3v) is 4.01. The summed E-state index contributed by atoms with van der Waals surface area (Å²) in [4.78, 5) is 11.9. The second-order valence-electron chi connectivity index (χ2n) is 5.07. The summed E-state index contributed by atoms with van der Waals surface area (Å²) in [7, 11) is 0. The number of halogens is 2. The van der Waals surface area contributed by atoms with Crippen molar-refractivity contribution in [3.8, 4) is 0 Å². The molecule has 104 valence electrons. The molecule has 0 N–H and O–H groups in total. The molecule has 0 radical (unpaired) electrons. The molecular weight excluding hydrogens is 311 g/mol. The van der Waals surface area contributed by atoms with Gasteiger partial charge in [-0.1, -0.05) is 22.0 Å². The predicted octanol–water partition coefficient (Wildman–Crippen LogP) is 3.91. The van der Waals surface area contributed by atoms with E-state index in [0.717, 1.165) is 19.4 Å². The van der Waals surface area contributed by atoms with Crippen molar-refractivity contribution in [3.05, 3.63) is 34.1 Å². The van der Waals surface area contributed by atoms with Gasteiger partial charge in [-0.15, -0.1) is 0 Å². The first-order valence-electron chi connectivity index (χ1n) is 6.65. The van der Waals surface area contributed by atoms with E-state index >= 15 is 0 Å². The molecule has 0 aliphatic heterocycles. The molecule has 2 nitrogen and oxygen atoms in total. The van der Waals surface area contributed by atoms with Crippen LogP contribution in [0, 0.1) is 11.7 Å². The van der Waals surface area contributed by atoms with Crippen molar-refractivity contribution >= 4 is 21.7 Å². The average Bonchev–Trinajstić information content (AvgIpc) is 2.30. The van der Waals surface area contributed by atoms with Crippen LogP contribution in [-0.2, 0) is 16.0 Å². The number of Topliss-reactive ketones (excluding diaryl/α,β-unsaturated/α-hetero) is 1. The zero-order chi connectivity index (χ0) is 13.8. The Morgan fingerprint density at radius 1 is 1.47 bits per heavy atom. The molecule has 1 fully saturated rings. The smallest absolute Gasteiger partial charge is 0.137 e. The summed E-state index contributed by atoms with van der Waals surface area (Å²) in [5, 5.41) is 0. The first-order chi connectivity index (χ1) is 9.08. The second kappa shape index (κ2) is 6.62. The van der Waals surface area contributed by atoms with Gasteiger partial charge in [0.05, 0.1) is 6.10 Å². The molecule has 0 heterocycles. The summed E-state index contributed by atoms with van der Waals surface area (Å²) in [6, 6.07) is 4.83. The van der Waals surface area contributed by atoms with Crippen LogP contribution in [0.5, 0.6) is 0 Å². The van der Waals surface area contributed by atoms with Gasteiger partial charge in [-0.2, -0.15) is 0 Å². The van der Waals surface area contributed by atoms with E-state index in [1.807, 2.05) is 6.92 Å². The van der Waals surface area contributed by atoms with E-state index in [0.29, 0.717) is 28.5 Å². The summed E-state index contributed by atoms with van der Waals surface area (Å²) in [6.07, 6.45) is 2.98. The van der Waals surface area contributed by atoms with Gasteiger partial charge in [-0.05, 0) is 43.4 Å². The Morgan fingerprint density at radius 3 is 2.84 bits per heavy atom. The Hall–Kier alpha value is -0.740. The highest BCUT2D eigenvalue weighted by Gasteiger charge is 2.30. The molecule has 0 bridgehead atoms. The first-order valence-corrected chi connectivity index (χ1v) is 7.45. The van der Waals surface area contributed by atoms with Gasteiger partial charge < -0.3 is 4.74 Å². The molecule has 0 spiro atoms. The molecule has 2 rings (SSSR count). The molecule has 0 aromatic heterocycles. The standard InChI is InChI=1S/C15H18BrFO2/c1-2-19-14-6-10(7-14)5-13(18)8-11-3-4-12(16)9-15(11)17/h3-4,9-10,14H,2,5-8H2,1H3. The molecule has 1 aliphatic carbocycles. The lowest BCUT2D eigenvalue weighted by atomic mass is 9.78. The Balaban J connectivity index is 1.79. The van der Waals surface area contributed by atoms with Crippen LogP contribution >= 0.6 is 15.9 Å². The zero-order valence-corrected chi connectivity index (χ0v) is 12.6. The van der Waals surface area contributed by atoms with Crippen molar-refractivity contribution in [2.45, 2.75) is 38.7 Å². The number of hydrogen-bond acceptors (Lipinski definition) is 2. The topological polar surface area (TPSA) is 26.3 Å². The summed E-state index contributed by atoms with van der Waals surface area (Å²) in [6.45, 7) is 2.71. The maximum atomic E-state index is 13.6. The lowest BCUT2D eigenvalue weighted by molar-refractivity contribution is -0.121. The predicted molar refractivity (Wildman–Crippen MR) is 75.6 cm³/mol. The monoisotopic (exact) mass is 328 g/mol. The number of carbonyl (C=O) groups is 1. The number of carbonyl (C=O) groups excluding carboxylic acids is 1. The van der Waals surface area contributed by atoms with Crippen molar-refractivity contribution in [2.75, 3.05) is 6.61 Å². The van der Waals surface area contributed by atoms with Crippen molar-refractivity contribution in [3.63, 3.8) is 0 Å². The Bertz CT molecular complexity index is 455. The minimum Gasteiger partial charge on any atom is -0.378 e. The highest BCUT2D eigenvalue weighted by Crippen LogP contribution is 2.33. The molecule has 0 saturated heterocycles. The van der Waals surface area contributed by atoms with E-state index in [2.05, 4.69) is 15.9 Å². The average molecular weight is 329 g/mol. The van der Waals surface area contributed by atoms with Gasteiger partial charge in [0.25, 0.3) is 0 Å². The van der Waals surface area contributed by atoms with Gasteiger partial charge in [0.2, 0.25) is 0 Å². The van der Waals surface area contributed by atoms with Crippen LogP contribution in [0.3, 0.4) is 0 Å². The van der Waals surface area contributed by atoms with E-state index in [4.69, 9.17) is 4.74 Å². The molecule has 1 aliphatic rings. The van der Waals surface area contributed by atoms with Crippen molar-refractivity contribution in [2.24, 2.45) is 5.92 Å². The van der Waals surface area contributed by atoms with Crippen molar-refractivity contribution in [1.82, 2.24) is 0 Å². The fourth-order valence-corrected chi connectivity index (χ4v) is 2.82. The van der Waals surface area contributed by atoms with Crippen LogP contribution < -0.4 is 0 Å². The lowest BCUT2D eigenvalue weighted by Crippen LogP contribution is -2.33. The third kappa shape index (κ3) is 4.11. The number of ketones is 1. The Morgan fingerprint density at radius 2 is 2.21 bits per heavy atom. The molecule has 0 unspecified atom stereocenters. The van der Waals surface area contributed by atoms with E-state index in [1.165, 1.54) is 6.07 Å². The summed E-state index contributed by atoms with van der Waals surface area (Å²) >= 11 is 3.21. The first kappa shape index (κ1) is 14.7. The minimum atomic E-state index is -0.316. The van der Waals surface area contributed by atoms with Crippen molar-refractivity contribution < 1.29 is 13.9 Å². The van der Waals surface area contributed by atoms with Gasteiger partial charge in [0.15, 0.2) is 0 Å². The van der Waals surface area contributed by atoms with Gasteiger partial charge in [-0.25, -0.2) is 4.39 Å². The Kier molecular flexibility index (Phi) is 5.11. The summed E-state index contributed by atoms with van der Waals surface area (Å²) < 4.78 is 19.8. The highest BCUT2D eigenvalue weighted by molar-refractivity contribution is 9.10. The maximum absolute atomic E-state index is 13.6.